The van der Waals surface area contributed by atoms with Crippen LogP contribution in [-0.4, -0.2) is 67.1 Å². The molecule has 1 aliphatic carbocycles. The number of amides is 1. The molecule has 2 heterocycles. The highest BCUT2D eigenvalue weighted by Crippen LogP contribution is 2.32. The number of piperazine rings is 1. The third-order valence-electron chi connectivity index (χ3n) is 6.53. The summed E-state index contributed by atoms with van der Waals surface area (Å²) in [5, 5.41) is 0. The third kappa shape index (κ3) is 4.61. The number of aromatic amines is 1. The summed E-state index contributed by atoms with van der Waals surface area (Å²) >= 11 is 0. The van der Waals surface area contributed by atoms with Gasteiger partial charge in [-0.3, -0.25) is 14.5 Å². The molecule has 0 spiro atoms. The molecule has 7 heteroatoms. The van der Waals surface area contributed by atoms with Crippen molar-refractivity contribution >= 4 is 5.91 Å². The topological polar surface area (TPSA) is 74.9 Å². The van der Waals surface area contributed by atoms with Crippen molar-refractivity contribution in [2.45, 2.75) is 38.1 Å². The molecule has 2 aromatic rings. The van der Waals surface area contributed by atoms with Crippen LogP contribution in [0.25, 0.3) is 11.3 Å². The number of carbonyl (C=O) groups excluding carboxylic acids is 1. The van der Waals surface area contributed by atoms with Gasteiger partial charge in [0.15, 0.2) is 0 Å². The van der Waals surface area contributed by atoms with E-state index in [1.54, 1.807) is 49.5 Å². The predicted molar refractivity (Wildman–Crippen MR) is 120 cm³/mol. The number of rotatable bonds is 5. The molecule has 0 radical (unpaired) electrons. The second-order valence-electron chi connectivity index (χ2n) is 8.30. The molecule has 0 atom stereocenters. The Labute approximate surface area is 183 Å². The van der Waals surface area contributed by atoms with Gasteiger partial charge in [0, 0.05) is 37.8 Å². The lowest BCUT2D eigenvalue weighted by molar-refractivity contribution is 0.0522. The van der Waals surface area contributed by atoms with Gasteiger partial charge < -0.3 is 19.4 Å². The minimum atomic E-state index is -0.387. The quantitative estimate of drug-likeness (QED) is 0.797. The first-order valence-electron chi connectivity index (χ1n) is 11.1. The number of benzene rings is 1. The molecule has 1 aliphatic heterocycles. The number of hydrogen-bond acceptors (Lipinski definition) is 5. The number of pyridine rings is 1. The van der Waals surface area contributed by atoms with Crippen molar-refractivity contribution in [1.82, 2.24) is 14.8 Å². The maximum absolute atomic E-state index is 13.0. The lowest BCUT2D eigenvalue weighted by Gasteiger charge is -2.40. The monoisotopic (exact) mass is 425 g/mol. The van der Waals surface area contributed by atoms with Gasteiger partial charge in [-0.15, -0.1) is 0 Å². The lowest BCUT2D eigenvalue weighted by Crippen LogP contribution is -2.52. The average Bonchev–Trinajstić information content (AvgIpc) is 2.83. The van der Waals surface area contributed by atoms with Crippen LogP contribution in [-0.2, 0) is 0 Å². The van der Waals surface area contributed by atoms with Gasteiger partial charge in [-0.05, 0) is 43.2 Å². The zero-order valence-corrected chi connectivity index (χ0v) is 18.4. The minimum Gasteiger partial charge on any atom is -0.497 e. The molecule has 1 aromatic carbocycles. The van der Waals surface area contributed by atoms with Gasteiger partial charge in [0.2, 0.25) is 0 Å². The fourth-order valence-corrected chi connectivity index (χ4v) is 4.73. The van der Waals surface area contributed by atoms with Crippen LogP contribution in [0.1, 0.15) is 42.5 Å². The van der Waals surface area contributed by atoms with Gasteiger partial charge in [-0.25, -0.2) is 0 Å². The Morgan fingerprint density at radius 3 is 2.35 bits per heavy atom. The summed E-state index contributed by atoms with van der Waals surface area (Å²) in [5.74, 6) is 1.08. The van der Waals surface area contributed by atoms with Crippen molar-refractivity contribution in [3.8, 4) is 22.8 Å². The van der Waals surface area contributed by atoms with E-state index in [4.69, 9.17) is 9.47 Å². The Bertz CT molecular complexity index is 973. The third-order valence-corrected chi connectivity index (χ3v) is 6.53. The maximum atomic E-state index is 13.0. The molecular weight excluding hydrogens is 394 g/mol. The van der Waals surface area contributed by atoms with Crippen LogP contribution in [0, 0.1) is 0 Å². The van der Waals surface area contributed by atoms with Crippen molar-refractivity contribution in [1.29, 1.82) is 0 Å². The highest BCUT2D eigenvalue weighted by atomic mass is 16.5. The summed E-state index contributed by atoms with van der Waals surface area (Å²) < 4.78 is 10.7. The van der Waals surface area contributed by atoms with Gasteiger partial charge in [0.05, 0.1) is 19.9 Å². The molecule has 1 amide bonds. The van der Waals surface area contributed by atoms with Crippen LogP contribution >= 0.6 is 0 Å². The number of methoxy groups -OCH3 is 2. The van der Waals surface area contributed by atoms with E-state index in [-0.39, 0.29) is 17.0 Å². The summed E-state index contributed by atoms with van der Waals surface area (Å²) in [6.07, 6.45) is 6.49. The predicted octanol–water partition coefficient (Wildman–Crippen LogP) is 3.15. The fourth-order valence-electron chi connectivity index (χ4n) is 4.73. The van der Waals surface area contributed by atoms with Crippen molar-refractivity contribution in [2.24, 2.45) is 0 Å². The molecule has 1 saturated carbocycles. The number of nitrogens with zero attached hydrogens (tertiary/aromatic N) is 2. The molecule has 0 unspecified atom stereocenters. The van der Waals surface area contributed by atoms with Gasteiger partial charge in [0.1, 0.15) is 17.1 Å². The highest BCUT2D eigenvalue weighted by molar-refractivity contribution is 5.94. The fraction of sp³-hybridized carbons (Fsp3) is 0.500. The van der Waals surface area contributed by atoms with E-state index in [0.29, 0.717) is 41.9 Å². The van der Waals surface area contributed by atoms with Crippen LogP contribution in [0.4, 0.5) is 0 Å². The smallest absolute Gasteiger partial charge is 0.261 e. The van der Waals surface area contributed by atoms with E-state index in [9.17, 15) is 9.59 Å². The van der Waals surface area contributed by atoms with Crippen LogP contribution in [0.2, 0.25) is 0 Å². The van der Waals surface area contributed by atoms with Gasteiger partial charge in [-0.2, -0.15) is 0 Å². The minimum absolute atomic E-state index is 0.178. The second-order valence-corrected chi connectivity index (χ2v) is 8.30. The second kappa shape index (κ2) is 9.56. The van der Waals surface area contributed by atoms with Crippen molar-refractivity contribution in [3.05, 3.63) is 46.2 Å². The molecule has 2 fully saturated rings. The number of hydrogen-bond donors (Lipinski definition) is 1. The molecule has 7 nitrogen and oxygen atoms in total. The average molecular weight is 426 g/mol. The first-order valence-corrected chi connectivity index (χ1v) is 11.1. The normalized spacial score (nSPS) is 18.1. The Kier molecular flexibility index (Phi) is 6.61. The summed E-state index contributed by atoms with van der Waals surface area (Å²) in [7, 11) is 3.17. The summed E-state index contributed by atoms with van der Waals surface area (Å²) in [4.78, 5) is 33.0. The summed E-state index contributed by atoms with van der Waals surface area (Å²) in [6, 6.07) is 9.41. The van der Waals surface area contributed by atoms with Crippen molar-refractivity contribution < 1.29 is 14.3 Å². The zero-order valence-electron chi connectivity index (χ0n) is 18.4. The van der Waals surface area contributed by atoms with Crippen molar-refractivity contribution in [2.75, 3.05) is 40.4 Å². The number of carbonyl (C=O) groups is 1. The van der Waals surface area contributed by atoms with Crippen molar-refractivity contribution in [3.63, 3.8) is 0 Å². The molecule has 31 heavy (non-hydrogen) atoms. The van der Waals surface area contributed by atoms with Gasteiger partial charge in [0.25, 0.3) is 11.5 Å². The largest absolute Gasteiger partial charge is 0.497 e. The van der Waals surface area contributed by atoms with E-state index >= 15 is 0 Å². The molecule has 2 aliphatic rings. The number of H-pyrrole nitrogens is 1. The van der Waals surface area contributed by atoms with Crippen LogP contribution in [0.5, 0.6) is 11.5 Å². The molecular formula is C24H31N3O4. The highest BCUT2D eigenvalue weighted by Gasteiger charge is 2.28. The molecule has 4 rings (SSSR count). The standard InChI is InChI=1S/C24H31N3O4/c1-30-18-8-11-22(31-2)20(16-18)21-10-9-19(23(28)25-21)24(29)27-14-12-26(13-15-27)17-6-4-3-5-7-17/h8-11,16-17H,3-7,12-15H2,1-2H3,(H,25,28). The van der Waals surface area contributed by atoms with Gasteiger partial charge >= 0.3 is 0 Å². The lowest BCUT2D eigenvalue weighted by atomic mass is 9.94. The number of nitrogens with one attached hydrogen (secondary N) is 1. The zero-order chi connectivity index (χ0) is 21.8. The first kappa shape index (κ1) is 21.4. The van der Waals surface area contributed by atoms with E-state index in [1.165, 1.54) is 32.1 Å². The van der Waals surface area contributed by atoms with Gasteiger partial charge in [-0.1, -0.05) is 19.3 Å². The first-order chi connectivity index (χ1) is 15.1. The summed E-state index contributed by atoms with van der Waals surface area (Å²) in [6.45, 7) is 3.10. The summed E-state index contributed by atoms with van der Waals surface area (Å²) in [5.41, 5.74) is 1.08. The Morgan fingerprint density at radius 2 is 1.71 bits per heavy atom. The van der Waals surface area contributed by atoms with E-state index in [1.807, 2.05) is 0 Å². The molecule has 166 valence electrons. The van der Waals surface area contributed by atoms with Crippen LogP contribution < -0.4 is 15.0 Å². The maximum Gasteiger partial charge on any atom is 0.261 e. The van der Waals surface area contributed by atoms with Crippen LogP contribution in [0.15, 0.2) is 35.1 Å². The molecule has 1 saturated heterocycles. The Morgan fingerprint density at radius 1 is 0.968 bits per heavy atom. The Hall–Kier alpha value is -2.80. The molecule has 1 N–H and O–H groups in total. The van der Waals surface area contributed by atoms with E-state index < -0.39 is 0 Å². The van der Waals surface area contributed by atoms with E-state index in [2.05, 4.69) is 9.88 Å². The van der Waals surface area contributed by atoms with E-state index in [0.717, 1.165) is 13.1 Å². The SMILES string of the molecule is COc1ccc(OC)c(-c2ccc(C(=O)N3CCN(C4CCCCC4)CC3)c(=O)[nH]2)c1. The molecule has 1 aromatic heterocycles. The molecule has 0 bridgehead atoms. The number of aromatic nitrogens is 1. The number of ether oxygens (including phenoxy) is 2. The van der Waals surface area contributed by atoms with Crippen LogP contribution in [0.3, 0.4) is 0 Å². The Balaban J connectivity index is 1.47.